The van der Waals surface area contributed by atoms with Crippen molar-refractivity contribution in [3.8, 4) is 22.6 Å². The molecule has 6 nitrogen and oxygen atoms in total. The fourth-order valence-electron chi connectivity index (χ4n) is 4.17. The number of carbonyl (C=O) groups is 1. The maximum absolute atomic E-state index is 13.5. The Bertz CT molecular complexity index is 1220. The fraction of sp³-hybridized carbons (Fsp3) is 0.444. The Balaban J connectivity index is 1.52. The third-order valence-electron chi connectivity index (χ3n) is 6.32. The van der Waals surface area contributed by atoms with Gasteiger partial charge in [-0.2, -0.15) is 0 Å². The van der Waals surface area contributed by atoms with Gasteiger partial charge in [-0.05, 0) is 69.0 Å². The minimum absolute atomic E-state index is 0.118. The highest BCUT2D eigenvalue weighted by molar-refractivity contribution is 5.97. The minimum atomic E-state index is -2.66. The predicted octanol–water partition coefficient (Wildman–Crippen LogP) is 5.96. The second-order valence-corrected chi connectivity index (χ2v) is 10.2. The Morgan fingerprint density at radius 3 is 2.37 bits per heavy atom. The lowest BCUT2D eigenvalue weighted by atomic mass is 9.81. The first-order valence-electron chi connectivity index (χ1n) is 11.6. The third kappa shape index (κ3) is 5.93. The van der Waals surface area contributed by atoms with E-state index in [1.165, 1.54) is 0 Å². The molecule has 1 fully saturated rings. The average molecular weight is 488 g/mol. The van der Waals surface area contributed by atoms with Crippen LogP contribution >= 0.6 is 0 Å². The normalized spacial score (nSPS) is 17.2. The topological polar surface area (TPSA) is 80.9 Å². The Morgan fingerprint density at radius 2 is 1.71 bits per heavy atom. The van der Waals surface area contributed by atoms with Gasteiger partial charge in [-0.25, -0.2) is 8.78 Å². The molecule has 1 amide bonds. The van der Waals surface area contributed by atoms with Crippen molar-refractivity contribution >= 4 is 16.9 Å². The Labute approximate surface area is 203 Å². The third-order valence-corrected chi connectivity index (χ3v) is 6.32. The predicted molar refractivity (Wildman–Crippen MR) is 129 cm³/mol. The van der Waals surface area contributed by atoms with Crippen molar-refractivity contribution in [2.24, 2.45) is 0 Å². The number of aliphatic hydroxyl groups is 1. The van der Waals surface area contributed by atoms with Gasteiger partial charge in [0.1, 0.15) is 12.2 Å². The molecule has 0 saturated heterocycles. The number of ether oxygens (including phenoxy) is 2. The first-order valence-corrected chi connectivity index (χ1v) is 11.6. The zero-order chi connectivity index (χ0) is 25.4. The number of benzene rings is 2. The van der Waals surface area contributed by atoms with Crippen LogP contribution in [0.5, 0.6) is 11.5 Å². The molecule has 2 N–H and O–H groups in total. The van der Waals surface area contributed by atoms with Crippen molar-refractivity contribution in [3.63, 3.8) is 0 Å². The SMILES string of the molecule is COc1cc(-c2ccc3cc(C(=O)NC4(C)CCC(F)(F)CC4)oc3c2)ccc1OCC(C)(C)O. The van der Waals surface area contributed by atoms with Crippen LogP contribution in [0.4, 0.5) is 8.78 Å². The molecule has 188 valence electrons. The number of nitrogens with one attached hydrogen (secondary N) is 1. The first-order chi connectivity index (χ1) is 16.4. The summed E-state index contributed by atoms with van der Waals surface area (Å²) in [7, 11) is 1.55. The smallest absolute Gasteiger partial charge is 0.287 e. The number of alkyl halides is 2. The fourth-order valence-corrected chi connectivity index (χ4v) is 4.17. The van der Waals surface area contributed by atoms with Crippen molar-refractivity contribution in [1.29, 1.82) is 0 Å². The molecule has 1 saturated carbocycles. The molecule has 1 aliphatic rings. The zero-order valence-electron chi connectivity index (χ0n) is 20.4. The molecule has 4 rings (SSSR count). The lowest BCUT2D eigenvalue weighted by Crippen LogP contribution is -2.50. The largest absolute Gasteiger partial charge is 0.493 e. The molecule has 0 spiro atoms. The maximum Gasteiger partial charge on any atom is 0.287 e. The molecule has 0 unspecified atom stereocenters. The van der Waals surface area contributed by atoms with E-state index in [1.807, 2.05) is 30.3 Å². The summed E-state index contributed by atoms with van der Waals surface area (Å²) in [6.07, 6.45) is -0.0441. The van der Waals surface area contributed by atoms with Crippen molar-refractivity contribution < 1.29 is 32.6 Å². The molecule has 0 bridgehead atoms. The average Bonchev–Trinajstić information content (AvgIpc) is 3.23. The van der Waals surface area contributed by atoms with Crippen LogP contribution in [0.15, 0.2) is 46.9 Å². The minimum Gasteiger partial charge on any atom is -0.493 e. The number of hydrogen-bond acceptors (Lipinski definition) is 5. The van der Waals surface area contributed by atoms with Crippen molar-refractivity contribution in [3.05, 3.63) is 48.2 Å². The highest BCUT2D eigenvalue weighted by Crippen LogP contribution is 2.39. The molecule has 0 radical (unpaired) electrons. The second kappa shape index (κ2) is 9.15. The van der Waals surface area contributed by atoms with Gasteiger partial charge in [-0.3, -0.25) is 4.79 Å². The molecule has 1 aromatic heterocycles. The van der Waals surface area contributed by atoms with Crippen LogP contribution in [0.25, 0.3) is 22.1 Å². The number of rotatable bonds is 7. The molecular formula is C27H31F2NO5. The van der Waals surface area contributed by atoms with Gasteiger partial charge in [0, 0.05) is 23.8 Å². The van der Waals surface area contributed by atoms with Crippen LogP contribution < -0.4 is 14.8 Å². The molecule has 0 aliphatic heterocycles. The van der Waals surface area contributed by atoms with Crippen molar-refractivity contribution in [1.82, 2.24) is 5.32 Å². The molecule has 3 aromatic rings. The Morgan fingerprint density at radius 1 is 1.06 bits per heavy atom. The number of amides is 1. The highest BCUT2D eigenvalue weighted by Gasteiger charge is 2.41. The van der Waals surface area contributed by atoms with Gasteiger partial charge in [0.2, 0.25) is 5.92 Å². The molecular weight excluding hydrogens is 456 g/mol. The number of carbonyl (C=O) groups excluding carboxylic acids is 1. The molecule has 2 aromatic carbocycles. The van der Waals surface area contributed by atoms with Gasteiger partial charge in [0.05, 0.1) is 12.7 Å². The van der Waals surface area contributed by atoms with E-state index >= 15 is 0 Å². The van der Waals surface area contributed by atoms with Crippen LogP contribution in [0.3, 0.4) is 0 Å². The van der Waals surface area contributed by atoms with Crippen LogP contribution in [-0.4, -0.2) is 41.8 Å². The van der Waals surface area contributed by atoms with E-state index in [-0.39, 0.29) is 38.1 Å². The van der Waals surface area contributed by atoms with E-state index in [2.05, 4.69) is 5.32 Å². The standard InChI is InChI=1S/C27H31F2NO5/c1-25(2,32)16-34-20-8-7-18(14-22(20)33-4)17-5-6-19-15-23(35-21(19)13-17)24(31)30-26(3)9-11-27(28,29)12-10-26/h5-8,13-15,32H,9-12,16H2,1-4H3,(H,30,31). The Kier molecular flexibility index (Phi) is 6.53. The number of furan rings is 1. The summed E-state index contributed by atoms with van der Waals surface area (Å²) < 4.78 is 44.0. The van der Waals surface area contributed by atoms with Crippen LogP contribution in [0.2, 0.25) is 0 Å². The van der Waals surface area contributed by atoms with Crippen LogP contribution in [0, 0.1) is 0 Å². The van der Waals surface area contributed by atoms with Crippen LogP contribution in [-0.2, 0) is 0 Å². The van der Waals surface area contributed by atoms with E-state index in [0.29, 0.717) is 17.1 Å². The van der Waals surface area contributed by atoms with Gasteiger partial charge in [0.15, 0.2) is 17.3 Å². The first kappa shape index (κ1) is 25.0. The summed E-state index contributed by atoms with van der Waals surface area (Å²) in [5.74, 6) is -1.89. The van der Waals surface area contributed by atoms with Gasteiger partial charge < -0.3 is 24.3 Å². The lowest BCUT2D eigenvalue weighted by molar-refractivity contribution is -0.0523. The summed E-state index contributed by atoms with van der Waals surface area (Å²) in [6, 6.07) is 12.7. The van der Waals surface area contributed by atoms with Gasteiger partial charge in [-0.15, -0.1) is 0 Å². The molecule has 0 atom stereocenters. The number of halogens is 2. The van der Waals surface area contributed by atoms with E-state index in [1.54, 1.807) is 40.0 Å². The van der Waals surface area contributed by atoms with E-state index in [4.69, 9.17) is 13.9 Å². The lowest BCUT2D eigenvalue weighted by Gasteiger charge is -2.37. The molecule has 1 heterocycles. The Hall–Kier alpha value is -3.13. The number of methoxy groups -OCH3 is 1. The van der Waals surface area contributed by atoms with Gasteiger partial charge >= 0.3 is 0 Å². The number of fused-ring (bicyclic) bond motifs is 1. The quantitative estimate of drug-likeness (QED) is 0.430. The van der Waals surface area contributed by atoms with Gasteiger partial charge in [-0.1, -0.05) is 18.2 Å². The van der Waals surface area contributed by atoms with E-state index in [0.717, 1.165) is 16.5 Å². The van der Waals surface area contributed by atoms with Crippen LogP contribution in [0.1, 0.15) is 57.0 Å². The molecule has 35 heavy (non-hydrogen) atoms. The maximum atomic E-state index is 13.5. The summed E-state index contributed by atoms with van der Waals surface area (Å²) in [5, 5.41) is 13.6. The molecule has 1 aliphatic carbocycles. The van der Waals surface area contributed by atoms with E-state index in [9.17, 15) is 18.7 Å². The van der Waals surface area contributed by atoms with Gasteiger partial charge in [0.25, 0.3) is 5.91 Å². The van der Waals surface area contributed by atoms with Crippen molar-refractivity contribution in [2.45, 2.75) is 63.5 Å². The summed E-state index contributed by atoms with van der Waals surface area (Å²) in [5.41, 5.74) is 0.589. The van der Waals surface area contributed by atoms with E-state index < -0.39 is 23.0 Å². The number of hydrogen-bond donors (Lipinski definition) is 2. The highest BCUT2D eigenvalue weighted by atomic mass is 19.3. The second-order valence-electron chi connectivity index (χ2n) is 10.2. The van der Waals surface area contributed by atoms with Crippen molar-refractivity contribution in [2.75, 3.05) is 13.7 Å². The zero-order valence-corrected chi connectivity index (χ0v) is 20.4. The monoisotopic (exact) mass is 487 g/mol. The summed E-state index contributed by atoms with van der Waals surface area (Å²) >= 11 is 0. The summed E-state index contributed by atoms with van der Waals surface area (Å²) in [6.45, 7) is 5.24. The summed E-state index contributed by atoms with van der Waals surface area (Å²) in [4.78, 5) is 12.8. The molecule has 8 heteroatoms.